The Balaban J connectivity index is 2.00. The van der Waals surface area contributed by atoms with E-state index in [-0.39, 0.29) is 23.4 Å². The van der Waals surface area contributed by atoms with Gasteiger partial charge in [-0.15, -0.1) is 0 Å². The molecule has 3 aromatic carbocycles. The molecular weight excluding hydrogens is 383 g/mol. The zero-order chi connectivity index (χ0) is 19.8. The van der Waals surface area contributed by atoms with Crippen LogP contribution in [0.5, 0.6) is 0 Å². The molecule has 0 spiro atoms. The lowest BCUT2D eigenvalue weighted by atomic mass is 9.84. The summed E-state index contributed by atoms with van der Waals surface area (Å²) in [6.07, 6.45) is 0. The quantitative estimate of drug-likeness (QED) is 0.549. The van der Waals surface area contributed by atoms with Crippen molar-refractivity contribution in [2.45, 2.75) is 11.0 Å². The van der Waals surface area contributed by atoms with Gasteiger partial charge < -0.3 is 0 Å². The van der Waals surface area contributed by atoms with Crippen LogP contribution in [0.1, 0.15) is 21.5 Å². The van der Waals surface area contributed by atoms with Crippen molar-refractivity contribution in [1.82, 2.24) is 0 Å². The Kier molecular flexibility index (Phi) is 4.67. The van der Waals surface area contributed by atoms with Gasteiger partial charge in [-0.2, -0.15) is 13.2 Å². The number of hydrogen-bond donors (Lipinski definition) is 0. The molecule has 3 aromatic rings. The molecule has 28 heavy (non-hydrogen) atoms. The van der Waals surface area contributed by atoms with Gasteiger partial charge in [-0.3, -0.25) is 9.69 Å². The van der Waals surface area contributed by atoms with Gasteiger partial charge in [0.1, 0.15) is 5.54 Å². The number of nitrogens with zero attached hydrogens (tertiary/aromatic N) is 1. The van der Waals surface area contributed by atoms with Crippen LogP contribution in [0.2, 0.25) is 0 Å². The van der Waals surface area contributed by atoms with Crippen LogP contribution in [0.4, 0.5) is 18.9 Å². The van der Waals surface area contributed by atoms with E-state index in [0.717, 1.165) is 0 Å². The van der Waals surface area contributed by atoms with Crippen LogP contribution in [0.3, 0.4) is 0 Å². The molecule has 0 bridgehead atoms. The number of carbonyl (C=O) groups is 1. The van der Waals surface area contributed by atoms with Gasteiger partial charge in [-0.25, -0.2) is 0 Å². The molecule has 0 aliphatic carbocycles. The third-order valence-electron chi connectivity index (χ3n) is 4.90. The highest BCUT2D eigenvalue weighted by atomic mass is 32.2. The highest BCUT2D eigenvalue weighted by molar-refractivity contribution is 8.00. The molecule has 1 aliphatic heterocycles. The molecule has 4 rings (SSSR count). The van der Waals surface area contributed by atoms with E-state index in [4.69, 9.17) is 0 Å². The molecule has 0 radical (unpaired) electrons. The van der Waals surface area contributed by atoms with Gasteiger partial charge >= 0.3 is 5.51 Å². The third kappa shape index (κ3) is 3.07. The second-order valence-electron chi connectivity index (χ2n) is 6.48. The standard InChI is InChI=1S/C22H16F3NOS/c23-22(24,25)28-15-21(16-9-3-1-4-10-16)19-14-8-7-13-18(19)20(27)26(21)17-11-5-2-6-12-17/h1-14H,15H2. The minimum atomic E-state index is -4.41. The number of carbonyl (C=O) groups excluding carboxylic acids is 1. The van der Waals surface area contributed by atoms with Crippen LogP contribution in [0, 0.1) is 0 Å². The van der Waals surface area contributed by atoms with Gasteiger partial charge in [-0.1, -0.05) is 66.7 Å². The second-order valence-corrected chi connectivity index (χ2v) is 7.52. The maximum absolute atomic E-state index is 13.3. The average molecular weight is 399 g/mol. The lowest BCUT2D eigenvalue weighted by molar-refractivity contribution is -0.0330. The van der Waals surface area contributed by atoms with E-state index in [0.29, 0.717) is 22.4 Å². The summed E-state index contributed by atoms with van der Waals surface area (Å²) in [6, 6.07) is 24.7. The lowest BCUT2D eigenvalue weighted by Crippen LogP contribution is -2.47. The van der Waals surface area contributed by atoms with E-state index in [1.165, 1.54) is 4.90 Å². The summed E-state index contributed by atoms with van der Waals surface area (Å²) in [5.74, 6) is -0.633. The second kappa shape index (κ2) is 7.02. The smallest absolute Gasteiger partial charge is 0.293 e. The first-order chi connectivity index (χ1) is 13.4. The molecule has 1 amide bonds. The molecule has 1 heterocycles. The number of para-hydroxylation sites is 1. The zero-order valence-corrected chi connectivity index (χ0v) is 15.5. The summed E-state index contributed by atoms with van der Waals surface area (Å²) >= 11 is -0.105. The Morgan fingerprint density at radius 3 is 2.04 bits per heavy atom. The Morgan fingerprint density at radius 1 is 0.821 bits per heavy atom. The number of anilines is 1. The zero-order valence-electron chi connectivity index (χ0n) is 14.7. The maximum Gasteiger partial charge on any atom is 0.441 e. The van der Waals surface area contributed by atoms with E-state index in [2.05, 4.69) is 0 Å². The summed E-state index contributed by atoms with van der Waals surface area (Å²) in [4.78, 5) is 14.9. The summed E-state index contributed by atoms with van der Waals surface area (Å²) in [5, 5.41) is 0. The van der Waals surface area contributed by atoms with Gasteiger partial charge in [-0.05, 0) is 41.1 Å². The van der Waals surface area contributed by atoms with E-state index in [1.54, 1.807) is 72.8 Å². The maximum atomic E-state index is 13.3. The Labute approximate surface area is 165 Å². The summed E-state index contributed by atoms with van der Waals surface area (Å²) in [5.41, 5.74) is -3.43. The van der Waals surface area contributed by atoms with E-state index in [9.17, 15) is 18.0 Å². The van der Waals surface area contributed by atoms with Gasteiger partial charge in [0, 0.05) is 17.0 Å². The number of thioether (sulfide) groups is 1. The normalized spacial score (nSPS) is 19.0. The first-order valence-corrected chi connectivity index (χ1v) is 9.67. The van der Waals surface area contributed by atoms with Gasteiger partial charge in [0.05, 0.1) is 0 Å². The molecule has 6 heteroatoms. The van der Waals surface area contributed by atoms with Crippen LogP contribution >= 0.6 is 11.8 Å². The van der Waals surface area contributed by atoms with Gasteiger partial charge in [0.2, 0.25) is 0 Å². The van der Waals surface area contributed by atoms with Crippen LogP contribution in [0.15, 0.2) is 84.9 Å². The fourth-order valence-corrected chi connectivity index (χ4v) is 4.59. The first kappa shape index (κ1) is 18.6. The topological polar surface area (TPSA) is 20.3 Å². The number of fused-ring (bicyclic) bond motifs is 1. The fraction of sp³-hybridized carbons (Fsp3) is 0.136. The largest absolute Gasteiger partial charge is 0.441 e. The SMILES string of the molecule is O=C1c2ccccc2C(CSC(F)(F)F)(c2ccccc2)N1c1ccccc1. The molecule has 0 saturated heterocycles. The number of benzene rings is 3. The van der Waals surface area contributed by atoms with Crippen LogP contribution in [-0.4, -0.2) is 17.2 Å². The van der Waals surface area contributed by atoms with Crippen molar-refractivity contribution >= 4 is 23.4 Å². The van der Waals surface area contributed by atoms with Crippen molar-refractivity contribution in [1.29, 1.82) is 0 Å². The highest BCUT2D eigenvalue weighted by Crippen LogP contribution is 2.50. The predicted molar refractivity (Wildman–Crippen MR) is 105 cm³/mol. The molecule has 0 fully saturated rings. The molecule has 0 aromatic heterocycles. The number of rotatable bonds is 4. The number of amides is 1. The first-order valence-electron chi connectivity index (χ1n) is 8.69. The number of hydrogen-bond acceptors (Lipinski definition) is 2. The molecule has 1 atom stereocenters. The molecule has 142 valence electrons. The average Bonchev–Trinajstić information content (AvgIpc) is 2.97. The fourth-order valence-electron chi connectivity index (χ4n) is 3.77. The number of halogens is 3. The van der Waals surface area contributed by atoms with Gasteiger partial charge in [0.25, 0.3) is 5.91 Å². The lowest BCUT2D eigenvalue weighted by Gasteiger charge is -2.40. The van der Waals surface area contributed by atoms with Crippen LogP contribution in [-0.2, 0) is 5.54 Å². The third-order valence-corrected chi connectivity index (χ3v) is 5.79. The molecule has 1 unspecified atom stereocenters. The van der Waals surface area contributed by atoms with Crippen molar-refractivity contribution in [2.75, 3.05) is 10.7 Å². The highest BCUT2D eigenvalue weighted by Gasteiger charge is 2.53. The molecule has 2 nitrogen and oxygen atoms in total. The van der Waals surface area contributed by atoms with Crippen molar-refractivity contribution in [3.05, 3.63) is 102 Å². The van der Waals surface area contributed by atoms with Crippen molar-refractivity contribution in [3.63, 3.8) is 0 Å². The predicted octanol–water partition coefficient (Wildman–Crippen LogP) is 5.84. The number of alkyl halides is 3. The summed E-state index contributed by atoms with van der Waals surface area (Å²) in [7, 11) is 0. The molecule has 0 saturated carbocycles. The van der Waals surface area contributed by atoms with Crippen molar-refractivity contribution in [3.8, 4) is 0 Å². The monoisotopic (exact) mass is 399 g/mol. The van der Waals surface area contributed by atoms with E-state index in [1.807, 2.05) is 12.1 Å². The summed E-state index contributed by atoms with van der Waals surface area (Å²) < 4.78 is 39.8. The van der Waals surface area contributed by atoms with E-state index < -0.39 is 11.0 Å². The van der Waals surface area contributed by atoms with Crippen LogP contribution in [0.25, 0.3) is 0 Å². The van der Waals surface area contributed by atoms with Gasteiger partial charge in [0.15, 0.2) is 0 Å². The minimum absolute atomic E-state index is 0.105. The molecule has 1 aliphatic rings. The molecule has 0 N–H and O–H groups in total. The van der Waals surface area contributed by atoms with E-state index >= 15 is 0 Å². The molecular formula is C22H16F3NOS. The summed E-state index contributed by atoms with van der Waals surface area (Å²) in [6.45, 7) is 0. The minimum Gasteiger partial charge on any atom is -0.293 e. The Bertz CT molecular complexity index is 991. The van der Waals surface area contributed by atoms with Crippen molar-refractivity contribution in [2.24, 2.45) is 0 Å². The van der Waals surface area contributed by atoms with Crippen molar-refractivity contribution < 1.29 is 18.0 Å². The Morgan fingerprint density at radius 2 is 1.39 bits per heavy atom. The Hall–Kier alpha value is -2.73. The van der Waals surface area contributed by atoms with Crippen LogP contribution < -0.4 is 4.90 Å².